The number of carboxylic acids is 1. The molecule has 0 amide bonds. The first-order chi connectivity index (χ1) is 7.04. The van der Waals surface area contributed by atoms with Gasteiger partial charge >= 0.3 is 5.97 Å². The molecule has 0 radical (unpaired) electrons. The minimum absolute atomic E-state index is 0.0421. The number of aromatic carboxylic acids is 1. The predicted molar refractivity (Wildman–Crippen MR) is 57.3 cm³/mol. The largest absolute Gasteiger partial charge is 0.477 e. The quantitative estimate of drug-likeness (QED) is 0.810. The van der Waals surface area contributed by atoms with Crippen molar-refractivity contribution >= 4 is 11.9 Å². The van der Waals surface area contributed by atoms with E-state index in [0.29, 0.717) is 11.6 Å². The zero-order chi connectivity index (χ0) is 11.4. The second-order valence-electron chi connectivity index (χ2n) is 3.42. The molecule has 1 heterocycles. The molecule has 0 saturated carbocycles. The smallest absolute Gasteiger partial charge is 0.354 e. The van der Waals surface area contributed by atoms with Crippen LogP contribution in [-0.4, -0.2) is 34.6 Å². The summed E-state index contributed by atoms with van der Waals surface area (Å²) in [5.41, 5.74) is 0.709. The van der Waals surface area contributed by atoms with Gasteiger partial charge in [0.2, 0.25) is 5.95 Å². The standard InChI is InChI=1S/C10H15N3O2/c1-4-5-13(3)10-11-7(2)6-8(12-10)9(14)15/h6H,4-5H2,1-3H3,(H,14,15). The molecule has 0 aliphatic carbocycles. The molecule has 0 atom stereocenters. The summed E-state index contributed by atoms with van der Waals surface area (Å²) in [6, 6.07) is 1.46. The monoisotopic (exact) mass is 209 g/mol. The Morgan fingerprint density at radius 1 is 1.53 bits per heavy atom. The summed E-state index contributed by atoms with van der Waals surface area (Å²) in [5.74, 6) is -0.555. The average molecular weight is 209 g/mol. The maximum Gasteiger partial charge on any atom is 0.354 e. The topological polar surface area (TPSA) is 66.3 Å². The van der Waals surface area contributed by atoms with Crippen LogP contribution in [0.3, 0.4) is 0 Å². The predicted octanol–water partition coefficient (Wildman–Crippen LogP) is 1.33. The number of aryl methyl sites for hydroxylation is 1. The van der Waals surface area contributed by atoms with Crippen LogP contribution in [-0.2, 0) is 0 Å². The van der Waals surface area contributed by atoms with Crippen LogP contribution in [0.5, 0.6) is 0 Å². The Morgan fingerprint density at radius 2 is 2.20 bits per heavy atom. The maximum atomic E-state index is 10.8. The summed E-state index contributed by atoms with van der Waals surface area (Å²) in [7, 11) is 1.85. The van der Waals surface area contributed by atoms with Crippen molar-refractivity contribution in [3.8, 4) is 0 Å². The zero-order valence-electron chi connectivity index (χ0n) is 9.19. The van der Waals surface area contributed by atoms with Crippen molar-refractivity contribution in [3.05, 3.63) is 17.5 Å². The van der Waals surface area contributed by atoms with Gasteiger partial charge in [-0.3, -0.25) is 0 Å². The Hall–Kier alpha value is -1.65. The lowest BCUT2D eigenvalue weighted by Gasteiger charge is -2.16. The second-order valence-corrected chi connectivity index (χ2v) is 3.42. The molecule has 15 heavy (non-hydrogen) atoms. The highest BCUT2D eigenvalue weighted by Gasteiger charge is 2.10. The zero-order valence-corrected chi connectivity index (χ0v) is 9.19. The maximum absolute atomic E-state index is 10.8. The minimum Gasteiger partial charge on any atom is -0.477 e. The third-order valence-electron chi connectivity index (χ3n) is 1.96. The van der Waals surface area contributed by atoms with E-state index in [1.54, 1.807) is 6.92 Å². The number of hydrogen-bond donors (Lipinski definition) is 1. The highest BCUT2D eigenvalue weighted by molar-refractivity contribution is 5.85. The van der Waals surface area contributed by atoms with Gasteiger partial charge in [-0.05, 0) is 19.4 Å². The summed E-state index contributed by atoms with van der Waals surface area (Å²) < 4.78 is 0. The molecule has 0 bridgehead atoms. The molecule has 0 spiro atoms. The van der Waals surface area contributed by atoms with Crippen molar-refractivity contribution < 1.29 is 9.90 Å². The van der Waals surface area contributed by atoms with Crippen LogP contribution in [0.25, 0.3) is 0 Å². The van der Waals surface area contributed by atoms with Gasteiger partial charge in [0, 0.05) is 19.3 Å². The van der Waals surface area contributed by atoms with E-state index >= 15 is 0 Å². The molecule has 0 saturated heterocycles. The van der Waals surface area contributed by atoms with Crippen LogP contribution < -0.4 is 4.90 Å². The molecule has 1 aromatic heterocycles. The number of anilines is 1. The van der Waals surface area contributed by atoms with Crippen molar-refractivity contribution in [2.24, 2.45) is 0 Å². The van der Waals surface area contributed by atoms with Crippen LogP contribution in [0.4, 0.5) is 5.95 Å². The van der Waals surface area contributed by atoms with Crippen LogP contribution in [0.1, 0.15) is 29.5 Å². The van der Waals surface area contributed by atoms with E-state index in [1.807, 2.05) is 18.9 Å². The number of rotatable bonds is 4. The fourth-order valence-electron chi connectivity index (χ4n) is 1.27. The molecule has 0 unspecified atom stereocenters. The fourth-order valence-corrected chi connectivity index (χ4v) is 1.27. The average Bonchev–Trinajstić information content (AvgIpc) is 2.17. The van der Waals surface area contributed by atoms with E-state index in [-0.39, 0.29) is 5.69 Å². The van der Waals surface area contributed by atoms with Crippen molar-refractivity contribution in [2.45, 2.75) is 20.3 Å². The highest BCUT2D eigenvalue weighted by Crippen LogP contribution is 2.09. The molecule has 1 N–H and O–H groups in total. The molecule has 82 valence electrons. The third-order valence-corrected chi connectivity index (χ3v) is 1.96. The van der Waals surface area contributed by atoms with Gasteiger partial charge in [-0.2, -0.15) is 0 Å². The van der Waals surface area contributed by atoms with Gasteiger partial charge in [-0.15, -0.1) is 0 Å². The Labute approximate surface area is 88.8 Å². The number of carboxylic acid groups (broad SMARTS) is 1. The Kier molecular flexibility index (Phi) is 3.60. The lowest BCUT2D eigenvalue weighted by Crippen LogP contribution is -2.21. The van der Waals surface area contributed by atoms with Crippen molar-refractivity contribution in [1.29, 1.82) is 0 Å². The minimum atomic E-state index is -1.02. The molecule has 0 aromatic carbocycles. The third kappa shape index (κ3) is 2.90. The number of carbonyl (C=O) groups is 1. The van der Waals surface area contributed by atoms with Crippen molar-refractivity contribution in [1.82, 2.24) is 9.97 Å². The first kappa shape index (κ1) is 11.4. The first-order valence-corrected chi connectivity index (χ1v) is 4.84. The molecule has 0 aliphatic rings. The fraction of sp³-hybridized carbons (Fsp3) is 0.500. The van der Waals surface area contributed by atoms with Gasteiger partial charge in [0.25, 0.3) is 0 Å². The van der Waals surface area contributed by atoms with Crippen molar-refractivity contribution in [3.63, 3.8) is 0 Å². The van der Waals surface area contributed by atoms with Gasteiger partial charge in [-0.25, -0.2) is 14.8 Å². The summed E-state index contributed by atoms with van der Waals surface area (Å²) in [5, 5.41) is 8.84. The Morgan fingerprint density at radius 3 is 2.73 bits per heavy atom. The van der Waals surface area contributed by atoms with E-state index in [9.17, 15) is 4.79 Å². The number of aromatic nitrogens is 2. The van der Waals surface area contributed by atoms with Crippen LogP contribution >= 0.6 is 0 Å². The summed E-state index contributed by atoms with van der Waals surface area (Å²) in [6.07, 6.45) is 0.968. The lowest BCUT2D eigenvalue weighted by atomic mass is 10.3. The Balaban J connectivity index is 3.03. The number of hydrogen-bond acceptors (Lipinski definition) is 4. The SMILES string of the molecule is CCCN(C)c1nc(C)cc(C(=O)O)n1. The van der Waals surface area contributed by atoms with Crippen LogP contribution in [0.15, 0.2) is 6.07 Å². The highest BCUT2D eigenvalue weighted by atomic mass is 16.4. The van der Waals surface area contributed by atoms with Crippen molar-refractivity contribution in [2.75, 3.05) is 18.5 Å². The molecule has 1 aromatic rings. The van der Waals surface area contributed by atoms with E-state index in [0.717, 1.165) is 13.0 Å². The molecular weight excluding hydrogens is 194 g/mol. The molecule has 5 nitrogen and oxygen atoms in total. The van der Waals surface area contributed by atoms with Crippen LogP contribution in [0, 0.1) is 6.92 Å². The lowest BCUT2D eigenvalue weighted by molar-refractivity contribution is 0.0690. The van der Waals surface area contributed by atoms with Gasteiger partial charge in [0.1, 0.15) is 0 Å². The van der Waals surface area contributed by atoms with Gasteiger partial charge < -0.3 is 10.0 Å². The summed E-state index contributed by atoms with van der Waals surface area (Å²) in [6.45, 7) is 4.62. The van der Waals surface area contributed by atoms with Gasteiger partial charge in [0.05, 0.1) is 0 Å². The first-order valence-electron chi connectivity index (χ1n) is 4.84. The molecule has 1 rings (SSSR count). The van der Waals surface area contributed by atoms with E-state index in [2.05, 4.69) is 9.97 Å². The van der Waals surface area contributed by atoms with E-state index < -0.39 is 5.97 Å². The Bertz CT molecular complexity index is 366. The summed E-state index contributed by atoms with van der Waals surface area (Å²) >= 11 is 0. The number of nitrogens with zero attached hydrogens (tertiary/aromatic N) is 3. The van der Waals surface area contributed by atoms with E-state index in [1.165, 1.54) is 6.07 Å². The van der Waals surface area contributed by atoms with Gasteiger partial charge in [0.15, 0.2) is 5.69 Å². The molecule has 0 aliphatic heterocycles. The van der Waals surface area contributed by atoms with Crippen LogP contribution in [0.2, 0.25) is 0 Å². The second kappa shape index (κ2) is 4.72. The van der Waals surface area contributed by atoms with E-state index in [4.69, 9.17) is 5.11 Å². The normalized spacial score (nSPS) is 10.1. The summed E-state index contributed by atoms with van der Waals surface area (Å²) in [4.78, 5) is 20.8. The van der Waals surface area contributed by atoms with Gasteiger partial charge in [-0.1, -0.05) is 6.92 Å². The molecular formula is C10H15N3O2. The molecule has 5 heteroatoms. The molecule has 0 fully saturated rings.